The zero-order valence-electron chi connectivity index (χ0n) is 23.6. The summed E-state index contributed by atoms with van der Waals surface area (Å²) in [6.07, 6.45) is -1.12. The summed E-state index contributed by atoms with van der Waals surface area (Å²) in [6.45, 7) is 0.417. The fourth-order valence-corrected chi connectivity index (χ4v) is 5.71. The Bertz CT molecular complexity index is 1820. The minimum absolute atomic E-state index is 0.109. The number of aromatic nitrogens is 4. The molecule has 0 fully saturated rings. The summed E-state index contributed by atoms with van der Waals surface area (Å²) >= 11 is 1.15. The van der Waals surface area contributed by atoms with Gasteiger partial charge in [-0.15, -0.1) is 10.2 Å². The third-order valence-electron chi connectivity index (χ3n) is 7.04. The Labute approximate surface area is 260 Å². The molecule has 1 N–H and O–H groups in total. The lowest BCUT2D eigenvalue weighted by Crippen LogP contribution is -2.26. The van der Waals surface area contributed by atoms with Crippen molar-refractivity contribution in [2.24, 2.45) is 0 Å². The Kier molecular flexibility index (Phi) is 8.83. The highest BCUT2D eigenvalue weighted by molar-refractivity contribution is 7.98. The number of oxazole rings is 1. The molecule has 228 valence electrons. The van der Waals surface area contributed by atoms with Gasteiger partial charge in [-0.2, -0.15) is 13.2 Å². The molecule has 0 saturated heterocycles. The number of nitrogens with one attached hydrogen (secondary N) is 1. The van der Waals surface area contributed by atoms with Gasteiger partial charge in [-0.3, -0.25) is 9.36 Å². The van der Waals surface area contributed by atoms with E-state index in [1.54, 1.807) is 12.1 Å². The van der Waals surface area contributed by atoms with Crippen molar-refractivity contribution >= 4 is 17.7 Å². The maximum Gasteiger partial charge on any atom is 0.416 e. The van der Waals surface area contributed by atoms with Crippen LogP contribution >= 0.6 is 11.8 Å². The molecule has 3 heterocycles. The first kappa shape index (κ1) is 29.9. The molecule has 45 heavy (non-hydrogen) atoms. The molecule has 0 saturated carbocycles. The molecule has 0 bridgehead atoms. The largest absolute Gasteiger partial charge is 0.461 e. The molecule has 1 amide bonds. The lowest BCUT2D eigenvalue weighted by Gasteiger charge is -2.18. The van der Waals surface area contributed by atoms with Gasteiger partial charge >= 0.3 is 6.18 Å². The van der Waals surface area contributed by atoms with Crippen LogP contribution in [0, 0.1) is 0 Å². The second-order valence-corrected chi connectivity index (χ2v) is 10.9. The van der Waals surface area contributed by atoms with Crippen LogP contribution < -0.4 is 5.32 Å². The highest BCUT2D eigenvalue weighted by atomic mass is 32.2. The van der Waals surface area contributed by atoms with Gasteiger partial charge in [0.2, 0.25) is 11.7 Å². The van der Waals surface area contributed by atoms with Crippen LogP contribution in [0.2, 0.25) is 0 Å². The molecule has 0 radical (unpaired) electrons. The quantitative estimate of drug-likeness (QED) is 0.146. The molecule has 0 unspecified atom stereocenters. The first-order chi connectivity index (χ1) is 21.9. The van der Waals surface area contributed by atoms with Crippen molar-refractivity contribution in [2.75, 3.05) is 6.54 Å². The standard InChI is InChI=1S/C33H26F3N5O3S/c34-33(35,36)24-13-7-14-25(19-24)41-30(28-15-8-18-43-28)39-40-32(41)45-21-29-38-27(20-44-29)31(42)37-17-16-26(22-9-3-1-4-10-22)23-11-5-2-6-12-23/h1-15,18-20,26H,16-17,21H2,(H,37,42). The SMILES string of the molecule is O=C(NCCC(c1ccccc1)c1ccccc1)c1coc(CSc2nnc(-c3ccco3)n2-c2cccc(C(F)(F)F)c2)n1. The average Bonchev–Trinajstić information content (AvgIpc) is 3.84. The minimum atomic E-state index is -4.53. The van der Waals surface area contributed by atoms with Crippen LogP contribution in [-0.2, 0) is 11.9 Å². The van der Waals surface area contributed by atoms with Crippen LogP contribution in [0.1, 0.15) is 45.4 Å². The molecule has 0 spiro atoms. The predicted molar refractivity (Wildman–Crippen MR) is 162 cm³/mol. The Morgan fingerprint density at radius 2 is 1.62 bits per heavy atom. The number of hydrogen-bond donors (Lipinski definition) is 1. The summed E-state index contributed by atoms with van der Waals surface area (Å²) in [4.78, 5) is 17.2. The summed E-state index contributed by atoms with van der Waals surface area (Å²) in [7, 11) is 0. The summed E-state index contributed by atoms with van der Waals surface area (Å²) in [5.41, 5.74) is 1.84. The van der Waals surface area contributed by atoms with E-state index in [0.717, 1.165) is 35.0 Å². The molecule has 3 aromatic carbocycles. The zero-order chi connectivity index (χ0) is 31.2. The van der Waals surface area contributed by atoms with Crippen molar-refractivity contribution in [1.82, 2.24) is 25.1 Å². The monoisotopic (exact) mass is 629 g/mol. The fourth-order valence-electron chi connectivity index (χ4n) is 4.91. The van der Waals surface area contributed by atoms with Gasteiger partial charge in [0.1, 0.15) is 6.26 Å². The Balaban J connectivity index is 1.13. The molecule has 3 aromatic heterocycles. The van der Waals surface area contributed by atoms with Crippen molar-refractivity contribution in [2.45, 2.75) is 29.4 Å². The average molecular weight is 630 g/mol. The van der Waals surface area contributed by atoms with Crippen molar-refractivity contribution in [3.63, 3.8) is 0 Å². The number of rotatable bonds is 11. The van der Waals surface area contributed by atoms with Crippen LogP contribution in [0.25, 0.3) is 17.3 Å². The Hall–Kier alpha value is -5.10. The Morgan fingerprint density at radius 1 is 0.889 bits per heavy atom. The number of benzene rings is 3. The molecule has 6 rings (SSSR count). The number of furan rings is 1. The molecule has 0 aliphatic rings. The third kappa shape index (κ3) is 7.01. The van der Waals surface area contributed by atoms with Crippen LogP contribution in [0.4, 0.5) is 13.2 Å². The van der Waals surface area contributed by atoms with E-state index in [-0.39, 0.29) is 45.8 Å². The number of carbonyl (C=O) groups excluding carboxylic acids is 1. The number of alkyl halides is 3. The van der Waals surface area contributed by atoms with Crippen molar-refractivity contribution in [3.05, 3.63) is 138 Å². The number of amides is 1. The lowest BCUT2D eigenvalue weighted by atomic mass is 9.88. The van der Waals surface area contributed by atoms with Crippen molar-refractivity contribution in [3.8, 4) is 17.3 Å². The van der Waals surface area contributed by atoms with Crippen LogP contribution in [0.15, 0.2) is 124 Å². The first-order valence-corrected chi connectivity index (χ1v) is 15.0. The van der Waals surface area contributed by atoms with Gasteiger partial charge < -0.3 is 14.2 Å². The molecular weight excluding hydrogens is 603 g/mol. The number of thioether (sulfide) groups is 1. The van der Waals surface area contributed by atoms with Gasteiger partial charge in [-0.25, -0.2) is 4.98 Å². The van der Waals surface area contributed by atoms with E-state index in [1.807, 2.05) is 36.4 Å². The van der Waals surface area contributed by atoms with Crippen LogP contribution in [-0.4, -0.2) is 32.2 Å². The van der Waals surface area contributed by atoms with Gasteiger partial charge in [0.05, 0.1) is 23.3 Å². The number of nitrogens with zero attached hydrogens (tertiary/aromatic N) is 4. The van der Waals surface area contributed by atoms with Gasteiger partial charge in [-0.1, -0.05) is 78.5 Å². The van der Waals surface area contributed by atoms with E-state index in [4.69, 9.17) is 8.83 Å². The highest BCUT2D eigenvalue weighted by Crippen LogP contribution is 2.34. The molecule has 8 nitrogen and oxygen atoms in total. The van der Waals surface area contributed by atoms with Crippen LogP contribution in [0.3, 0.4) is 0 Å². The minimum Gasteiger partial charge on any atom is -0.461 e. The molecule has 0 aliphatic carbocycles. The van der Waals surface area contributed by atoms with Gasteiger partial charge in [0, 0.05) is 12.5 Å². The lowest BCUT2D eigenvalue weighted by molar-refractivity contribution is -0.137. The predicted octanol–water partition coefficient (Wildman–Crippen LogP) is 7.78. The normalized spacial score (nSPS) is 11.6. The second-order valence-electron chi connectivity index (χ2n) is 10.0. The molecule has 0 aliphatic heterocycles. The summed E-state index contributed by atoms with van der Waals surface area (Å²) in [5, 5.41) is 11.6. The number of hydrogen-bond acceptors (Lipinski definition) is 7. The highest BCUT2D eigenvalue weighted by Gasteiger charge is 2.31. The van der Waals surface area contributed by atoms with Crippen molar-refractivity contribution in [1.29, 1.82) is 0 Å². The van der Waals surface area contributed by atoms with Gasteiger partial charge in [0.25, 0.3) is 5.91 Å². The molecule has 0 atom stereocenters. The van der Waals surface area contributed by atoms with E-state index < -0.39 is 11.7 Å². The van der Waals surface area contributed by atoms with Crippen molar-refractivity contribution < 1.29 is 26.8 Å². The van der Waals surface area contributed by atoms with E-state index in [0.29, 0.717) is 18.7 Å². The molecule has 12 heteroatoms. The van der Waals surface area contributed by atoms with E-state index in [1.165, 1.54) is 29.2 Å². The van der Waals surface area contributed by atoms with E-state index in [2.05, 4.69) is 44.8 Å². The summed E-state index contributed by atoms with van der Waals surface area (Å²) in [6, 6.07) is 28.4. The van der Waals surface area contributed by atoms with Gasteiger partial charge in [-0.05, 0) is 47.9 Å². The smallest absolute Gasteiger partial charge is 0.416 e. The van der Waals surface area contributed by atoms with E-state index >= 15 is 0 Å². The summed E-state index contributed by atoms with van der Waals surface area (Å²) in [5.74, 6) is 0.698. The molecular formula is C33H26F3N5O3S. The molecule has 6 aromatic rings. The van der Waals surface area contributed by atoms with Gasteiger partial charge in [0.15, 0.2) is 16.6 Å². The maximum absolute atomic E-state index is 13.5. The topological polar surface area (TPSA) is 99.0 Å². The fraction of sp³-hybridized carbons (Fsp3) is 0.152. The third-order valence-corrected chi connectivity index (χ3v) is 7.95. The van der Waals surface area contributed by atoms with Crippen LogP contribution in [0.5, 0.6) is 0 Å². The zero-order valence-corrected chi connectivity index (χ0v) is 24.5. The first-order valence-electron chi connectivity index (χ1n) is 14.0. The number of carbonyl (C=O) groups is 1. The summed E-state index contributed by atoms with van der Waals surface area (Å²) < 4.78 is 52.9. The maximum atomic E-state index is 13.5. The number of halogens is 3. The Morgan fingerprint density at radius 3 is 2.29 bits per heavy atom. The van der Waals surface area contributed by atoms with E-state index in [9.17, 15) is 18.0 Å². The second kappa shape index (κ2) is 13.3.